The molecule has 1 saturated heterocycles. The molecule has 1 aromatic heterocycles. The van der Waals surface area contributed by atoms with Crippen LogP contribution in [-0.2, 0) is 4.74 Å². The third kappa shape index (κ3) is 1.94. The Kier molecular flexibility index (Phi) is 3.30. The Bertz CT molecular complexity index is 595. The highest BCUT2D eigenvalue weighted by Gasteiger charge is 2.21. The van der Waals surface area contributed by atoms with Crippen molar-refractivity contribution in [2.24, 2.45) is 0 Å². The lowest BCUT2D eigenvalue weighted by Gasteiger charge is -2.23. The van der Waals surface area contributed by atoms with Crippen LogP contribution in [0.3, 0.4) is 0 Å². The molecule has 1 unspecified atom stereocenters. The zero-order valence-corrected chi connectivity index (χ0v) is 11.8. The Morgan fingerprint density at radius 3 is 3.11 bits per heavy atom. The molecule has 1 fully saturated rings. The summed E-state index contributed by atoms with van der Waals surface area (Å²) in [6.45, 7) is 1.41. The predicted molar refractivity (Wildman–Crippen MR) is 71.5 cm³/mol. The molecule has 0 N–H and O–H groups in total. The predicted octanol–water partition coefficient (Wildman–Crippen LogP) is 3.94. The van der Waals surface area contributed by atoms with Gasteiger partial charge in [-0.25, -0.2) is 4.39 Å². The summed E-state index contributed by atoms with van der Waals surface area (Å²) in [6, 6.07) is 1.76. The lowest BCUT2D eigenvalue weighted by Crippen LogP contribution is -2.22. The highest BCUT2D eigenvalue weighted by atomic mass is 79.9. The quantitative estimate of drug-likeness (QED) is 0.739. The van der Waals surface area contributed by atoms with Gasteiger partial charge in [-0.15, -0.1) is 0 Å². The number of rotatable bonds is 1. The Morgan fingerprint density at radius 1 is 1.56 bits per heavy atom. The molecule has 2 heterocycles. The summed E-state index contributed by atoms with van der Waals surface area (Å²) in [5, 5.41) is 5.28. The molecule has 1 aromatic carbocycles. The molecule has 0 radical (unpaired) electrons. The summed E-state index contributed by atoms with van der Waals surface area (Å²) in [5.41, 5.74) is 0.743. The molecular formula is C12H11BrClFN2O. The summed E-state index contributed by atoms with van der Waals surface area (Å²) < 4.78 is 21.5. The molecule has 1 aliphatic heterocycles. The molecule has 2 aromatic rings. The number of hydrogen-bond acceptors (Lipinski definition) is 2. The van der Waals surface area contributed by atoms with Crippen molar-refractivity contribution in [3.63, 3.8) is 0 Å². The average molecular weight is 334 g/mol. The van der Waals surface area contributed by atoms with Gasteiger partial charge in [0, 0.05) is 12.0 Å². The van der Waals surface area contributed by atoms with E-state index < -0.39 is 5.82 Å². The van der Waals surface area contributed by atoms with Crippen molar-refractivity contribution in [2.75, 3.05) is 13.2 Å². The monoisotopic (exact) mass is 332 g/mol. The van der Waals surface area contributed by atoms with E-state index >= 15 is 0 Å². The van der Waals surface area contributed by atoms with E-state index in [-0.39, 0.29) is 11.1 Å². The number of benzene rings is 1. The van der Waals surface area contributed by atoms with Crippen molar-refractivity contribution in [2.45, 2.75) is 18.9 Å². The van der Waals surface area contributed by atoms with Gasteiger partial charge in [0.15, 0.2) is 5.82 Å². The molecule has 18 heavy (non-hydrogen) atoms. The van der Waals surface area contributed by atoms with Crippen molar-refractivity contribution in [3.8, 4) is 0 Å². The van der Waals surface area contributed by atoms with Gasteiger partial charge < -0.3 is 4.74 Å². The third-order valence-electron chi connectivity index (χ3n) is 3.20. The Morgan fingerprint density at radius 2 is 2.39 bits per heavy atom. The first-order valence-electron chi connectivity index (χ1n) is 5.77. The zero-order chi connectivity index (χ0) is 12.7. The molecule has 0 saturated carbocycles. The lowest BCUT2D eigenvalue weighted by molar-refractivity contribution is 0.0564. The summed E-state index contributed by atoms with van der Waals surface area (Å²) in [6.07, 6.45) is 3.70. The van der Waals surface area contributed by atoms with Crippen LogP contribution in [-0.4, -0.2) is 23.0 Å². The van der Waals surface area contributed by atoms with E-state index in [0.717, 1.165) is 30.4 Å². The molecular weight excluding hydrogens is 322 g/mol. The van der Waals surface area contributed by atoms with E-state index in [1.807, 2.05) is 4.68 Å². The minimum Gasteiger partial charge on any atom is -0.379 e. The van der Waals surface area contributed by atoms with Gasteiger partial charge in [0.05, 0.1) is 33.9 Å². The van der Waals surface area contributed by atoms with Gasteiger partial charge in [0.1, 0.15) is 0 Å². The highest BCUT2D eigenvalue weighted by Crippen LogP contribution is 2.34. The maximum atomic E-state index is 13.8. The molecule has 6 heteroatoms. The number of fused-ring (bicyclic) bond motifs is 1. The van der Waals surface area contributed by atoms with E-state index in [0.29, 0.717) is 11.1 Å². The fourth-order valence-corrected chi connectivity index (χ4v) is 3.26. The highest BCUT2D eigenvalue weighted by molar-refractivity contribution is 9.10. The normalized spacial score (nSPS) is 20.5. The van der Waals surface area contributed by atoms with Gasteiger partial charge in [0.2, 0.25) is 0 Å². The molecule has 1 atom stereocenters. The standard InChI is InChI=1S/C12H11BrClFN2O/c13-10-11(15)9(14)4-7-5-16-17(12(7)10)8-2-1-3-18-6-8/h4-5,8H,1-3,6H2. The Labute approximate surface area is 117 Å². The first kappa shape index (κ1) is 12.4. The van der Waals surface area contributed by atoms with E-state index in [1.54, 1.807) is 12.3 Å². The summed E-state index contributed by atoms with van der Waals surface area (Å²) >= 11 is 9.09. The van der Waals surface area contributed by atoms with Crippen LogP contribution < -0.4 is 0 Å². The van der Waals surface area contributed by atoms with Crippen LogP contribution in [0.2, 0.25) is 5.02 Å². The fraction of sp³-hybridized carbons (Fsp3) is 0.417. The molecule has 96 valence electrons. The van der Waals surface area contributed by atoms with Gasteiger partial charge in [0.25, 0.3) is 0 Å². The van der Waals surface area contributed by atoms with E-state index in [1.165, 1.54) is 0 Å². The van der Waals surface area contributed by atoms with Crippen LogP contribution in [0.25, 0.3) is 10.9 Å². The van der Waals surface area contributed by atoms with Crippen molar-refractivity contribution in [3.05, 3.63) is 27.6 Å². The zero-order valence-electron chi connectivity index (χ0n) is 9.50. The van der Waals surface area contributed by atoms with Crippen LogP contribution in [0.4, 0.5) is 4.39 Å². The molecule has 0 spiro atoms. The number of nitrogens with zero attached hydrogens (tertiary/aromatic N) is 2. The largest absolute Gasteiger partial charge is 0.379 e. The van der Waals surface area contributed by atoms with Crippen molar-refractivity contribution in [1.29, 1.82) is 0 Å². The van der Waals surface area contributed by atoms with Crippen LogP contribution in [0.5, 0.6) is 0 Å². The first-order chi connectivity index (χ1) is 8.68. The second-order valence-electron chi connectivity index (χ2n) is 4.38. The molecule has 0 bridgehead atoms. The van der Waals surface area contributed by atoms with Crippen LogP contribution >= 0.6 is 27.5 Å². The number of aromatic nitrogens is 2. The SMILES string of the molecule is Fc1c(Cl)cc2cnn(C3CCCOC3)c2c1Br. The smallest absolute Gasteiger partial charge is 0.158 e. The first-order valence-corrected chi connectivity index (χ1v) is 6.94. The van der Waals surface area contributed by atoms with Crippen LogP contribution in [0, 0.1) is 5.82 Å². The van der Waals surface area contributed by atoms with Gasteiger partial charge in [-0.05, 0) is 34.8 Å². The topological polar surface area (TPSA) is 27.1 Å². The van der Waals surface area contributed by atoms with E-state index in [9.17, 15) is 4.39 Å². The van der Waals surface area contributed by atoms with Crippen molar-refractivity contribution in [1.82, 2.24) is 9.78 Å². The van der Waals surface area contributed by atoms with Gasteiger partial charge in [-0.1, -0.05) is 11.6 Å². The Hall–Kier alpha value is -0.650. The maximum Gasteiger partial charge on any atom is 0.158 e. The average Bonchev–Trinajstić information content (AvgIpc) is 2.81. The van der Waals surface area contributed by atoms with Gasteiger partial charge in [-0.2, -0.15) is 5.10 Å². The van der Waals surface area contributed by atoms with E-state index in [2.05, 4.69) is 21.0 Å². The maximum absolute atomic E-state index is 13.8. The summed E-state index contributed by atoms with van der Waals surface area (Å²) in [4.78, 5) is 0. The number of hydrogen-bond donors (Lipinski definition) is 0. The fourth-order valence-electron chi connectivity index (χ4n) is 2.31. The van der Waals surface area contributed by atoms with Gasteiger partial charge in [-0.3, -0.25) is 4.68 Å². The van der Waals surface area contributed by atoms with Gasteiger partial charge >= 0.3 is 0 Å². The summed E-state index contributed by atoms with van der Waals surface area (Å²) in [7, 11) is 0. The second kappa shape index (κ2) is 4.79. The number of halogens is 3. The minimum absolute atomic E-state index is 0.105. The van der Waals surface area contributed by atoms with Crippen molar-refractivity contribution < 1.29 is 9.13 Å². The summed E-state index contributed by atoms with van der Waals surface area (Å²) in [5.74, 6) is -0.442. The molecule has 3 nitrogen and oxygen atoms in total. The molecule has 3 rings (SSSR count). The van der Waals surface area contributed by atoms with Crippen molar-refractivity contribution >= 4 is 38.4 Å². The third-order valence-corrected chi connectivity index (χ3v) is 4.20. The number of ether oxygens (including phenoxy) is 1. The lowest BCUT2D eigenvalue weighted by atomic mass is 10.1. The molecule has 0 aliphatic carbocycles. The minimum atomic E-state index is -0.442. The van der Waals surface area contributed by atoms with E-state index in [4.69, 9.17) is 16.3 Å². The van der Waals surface area contributed by atoms with Crippen LogP contribution in [0.1, 0.15) is 18.9 Å². The Balaban J connectivity index is 2.15. The van der Waals surface area contributed by atoms with Crippen LogP contribution in [0.15, 0.2) is 16.7 Å². The molecule has 1 aliphatic rings. The molecule has 0 amide bonds. The second-order valence-corrected chi connectivity index (χ2v) is 5.58.